The van der Waals surface area contributed by atoms with E-state index in [1.807, 2.05) is 0 Å². The molecule has 0 aliphatic carbocycles. The second-order valence-corrected chi connectivity index (χ2v) is 7.61. The van der Waals surface area contributed by atoms with Crippen molar-refractivity contribution in [2.75, 3.05) is 19.8 Å². The fourth-order valence-corrected chi connectivity index (χ4v) is 2.98. The first-order valence-corrected chi connectivity index (χ1v) is 7.94. The van der Waals surface area contributed by atoms with Gasteiger partial charge < -0.3 is 10.1 Å². The Balaban J connectivity index is 2.17. The normalized spacial score (nSPS) is 23.3. The molecule has 2 nitrogen and oxygen atoms in total. The number of ether oxygens (including phenoxy) is 1. The summed E-state index contributed by atoms with van der Waals surface area (Å²) in [6.45, 7) is 8.72. The Morgan fingerprint density at radius 3 is 2.76 bits per heavy atom. The Bertz CT molecular complexity index is 478. The zero-order valence-electron chi connectivity index (χ0n) is 13.1. The molecule has 0 aromatic heterocycles. The number of hydrogen-bond donors (Lipinski definition) is 1. The molecule has 1 saturated heterocycles. The average Bonchev–Trinajstić information content (AvgIpc) is 2.41. The van der Waals surface area contributed by atoms with Crippen molar-refractivity contribution in [3.63, 3.8) is 0 Å². The van der Waals surface area contributed by atoms with E-state index in [-0.39, 0.29) is 16.8 Å². The summed E-state index contributed by atoms with van der Waals surface area (Å²) in [4.78, 5) is 0. The van der Waals surface area contributed by atoms with Crippen LogP contribution in [0.15, 0.2) is 18.2 Å². The highest BCUT2D eigenvalue weighted by molar-refractivity contribution is 6.30. The molecule has 1 aliphatic heterocycles. The molecule has 0 bridgehead atoms. The summed E-state index contributed by atoms with van der Waals surface area (Å²) in [5.74, 6) is -0.180. The van der Waals surface area contributed by atoms with Gasteiger partial charge in [0.15, 0.2) is 0 Å². The minimum Gasteiger partial charge on any atom is -0.381 e. The number of benzene rings is 1. The summed E-state index contributed by atoms with van der Waals surface area (Å²) in [6, 6.07) is 4.79. The summed E-state index contributed by atoms with van der Waals surface area (Å²) in [7, 11) is 0. The van der Waals surface area contributed by atoms with Crippen LogP contribution in [0.25, 0.3) is 0 Å². The van der Waals surface area contributed by atoms with Gasteiger partial charge >= 0.3 is 0 Å². The minimum atomic E-state index is -0.180. The largest absolute Gasteiger partial charge is 0.381 e. The molecular formula is C17H25ClFNO. The van der Waals surface area contributed by atoms with Gasteiger partial charge in [0.1, 0.15) is 5.82 Å². The van der Waals surface area contributed by atoms with E-state index in [0.29, 0.717) is 23.6 Å². The second kappa shape index (κ2) is 6.64. The predicted octanol–water partition coefficient (Wildman–Crippen LogP) is 4.21. The minimum absolute atomic E-state index is 0.0390. The van der Waals surface area contributed by atoms with E-state index >= 15 is 0 Å². The number of hydrogen-bond acceptors (Lipinski definition) is 2. The summed E-state index contributed by atoms with van der Waals surface area (Å²) in [5.41, 5.74) is 0.665. The van der Waals surface area contributed by atoms with Gasteiger partial charge in [-0.2, -0.15) is 0 Å². The third-order valence-electron chi connectivity index (χ3n) is 3.97. The van der Waals surface area contributed by atoms with E-state index in [4.69, 9.17) is 16.3 Å². The molecule has 0 spiro atoms. The van der Waals surface area contributed by atoms with Crippen LogP contribution in [0.1, 0.15) is 39.2 Å². The molecule has 1 atom stereocenters. The molecule has 4 heteroatoms. The van der Waals surface area contributed by atoms with Crippen LogP contribution < -0.4 is 5.32 Å². The number of rotatable bonds is 4. The predicted molar refractivity (Wildman–Crippen MR) is 85.4 cm³/mol. The van der Waals surface area contributed by atoms with E-state index in [1.54, 1.807) is 12.1 Å². The molecule has 118 valence electrons. The zero-order valence-corrected chi connectivity index (χ0v) is 13.9. The molecule has 1 unspecified atom stereocenters. The summed E-state index contributed by atoms with van der Waals surface area (Å²) >= 11 is 6.02. The van der Waals surface area contributed by atoms with Gasteiger partial charge in [0, 0.05) is 29.1 Å². The monoisotopic (exact) mass is 313 g/mol. The highest BCUT2D eigenvalue weighted by Crippen LogP contribution is 2.34. The van der Waals surface area contributed by atoms with Gasteiger partial charge in [0.25, 0.3) is 0 Å². The molecule has 0 saturated carbocycles. The van der Waals surface area contributed by atoms with E-state index in [1.165, 1.54) is 6.07 Å². The molecular weight excluding hydrogens is 289 g/mol. The lowest BCUT2D eigenvalue weighted by Crippen LogP contribution is -2.48. The van der Waals surface area contributed by atoms with Gasteiger partial charge in [0.05, 0.1) is 6.61 Å². The maximum absolute atomic E-state index is 14.0. The quantitative estimate of drug-likeness (QED) is 0.899. The lowest BCUT2D eigenvalue weighted by atomic mass is 9.76. The van der Waals surface area contributed by atoms with E-state index in [2.05, 4.69) is 26.1 Å². The first-order valence-electron chi connectivity index (χ1n) is 7.56. The molecule has 1 aromatic rings. The Hall–Kier alpha value is -0.640. The van der Waals surface area contributed by atoms with Gasteiger partial charge in [-0.05, 0) is 63.8 Å². The smallest absolute Gasteiger partial charge is 0.126 e. The standard InChI is InChI=1S/C17H25ClFNO/c1-16(2,3)20-11-17(7-4-8-21-12-17)10-13-9-14(18)5-6-15(13)19/h5-6,9,20H,4,7-8,10-12H2,1-3H3. The van der Waals surface area contributed by atoms with Gasteiger partial charge in [0.2, 0.25) is 0 Å². The molecule has 0 radical (unpaired) electrons. The van der Waals surface area contributed by atoms with E-state index in [0.717, 1.165) is 26.0 Å². The summed E-state index contributed by atoms with van der Waals surface area (Å²) < 4.78 is 19.7. The Kier molecular flexibility index (Phi) is 5.29. The van der Waals surface area contributed by atoms with Gasteiger partial charge in [-0.1, -0.05) is 11.6 Å². The van der Waals surface area contributed by atoms with Crippen molar-refractivity contribution in [2.45, 2.75) is 45.6 Å². The lowest BCUT2D eigenvalue weighted by Gasteiger charge is -2.39. The van der Waals surface area contributed by atoms with Crippen molar-refractivity contribution in [3.8, 4) is 0 Å². The SMILES string of the molecule is CC(C)(C)NCC1(Cc2cc(Cl)ccc2F)CCCOC1. The van der Waals surface area contributed by atoms with Crippen molar-refractivity contribution in [1.29, 1.82) is 0 Å². The van der Waals surface area contributed by atoms with E-state index < -0.39 is 0 Å². The Labute approximate surface area is 132 Å². The average molecular weight is 314 g/mol. The maximum atomic E-state index is 14.0. The van der Waals surface area contributed by atoms with Gasteiger partial charge in [-0.3, -0.25) is 0 Å². The van der Waals surface area contributed by atoms with Gasteiger partial charge in [-0.15, -0.1) is 0 Å². The summed E-state index contributed by atoms with van der Waals surface area (Å²) in [5, 5.41) is 4.14. The van der Waals surface area contributed by atoms with Crippen molar-refractivity contribution < 1.29 is 9.13 Å². The molecule has 2 rings (SSSR count). The molecule has 1 N–H and O–H groups in total. The molecule has 1 fully saturated rings. The van der Waals surface area contributed by atoms with Crippen molar-refractivity contribution in [1.82, 2.24) is 5.32 Å². The Morgan fingerprint density at radius 1 is 1.38 bits per heavy atom. The van der Waals surface area contributed by atoms with Crippen molar-refractivity contribution in [3.05, 3.63) is 34.6 Å². The number of halogens is 2. The van der Waals surface area contributed by atoms with E-state index in [9.17, 15) is 4.39 Å². The topological polar surface area (TPSA) is 21.3 Å². The molecule has 1 aromatic carbocycles. The third kappa shape index (κ3) is 4.94. The van der Waals surface area contributed by atoms with Crippen LogP contribution >= 0.6 is 11.6 Å². The first kappa shape index (κ1) is 16.7. The molecule has 1 heterocycles. The van der Waals surface area contributed by atoms with Crippen LogP contribution in [0.4, 0.5) is 4.39 Å². The highest BCUT2D eigenvalue weighted by Gasteiger charge is 2.34. The third-order valence-corrected chi connectivity index (χ3v) is 4.21. The van der Waals surface area contributed by atoms with Gasteiger partial charge in [-0.25, -0.2) is 4.39 Å². The van der Waals surface area contributed by atoms with Crippen LogP contribution in [0.2, 0.25) is 5.02 Å². The Morgan fingerprint density at radius 2 is 2.14 bits per heavy atom. The van der Waals surface area contributed by atoms with Crippen molar-refractivity contribution in [2.24, 2.45) is 5.41 Å². The van der Waals surface area contributed by atoms with Crippen LogP contribution in [0.3, 0.4) is 0 Å². The zero-order chi connectivity index (χ0) is 15.5. The fraction of sp³-hybridized carbons (Fsp3) is 0.647. The maximum Gasteiger partial charge on any atom is 0.126 e. The molecule has 1 aliphatic rings. The van der Waals surface area contributed by atoms with Crippen LogP contribution in [-0.2, 0) is 11.2 Å². The number of nitrogens with one attached hydrogen (secondary N) is 1. The van der Waals surface area contributed by atoms with Crippen LogP contribution in [-0.4, -0.2) is 25.3 Å². The lowest BCUT2D eigenvalue weighted by molar-refractivity contribution is -0.0103. The van der Waals surface area contributed by atoms with Crippen LogP contribution in [0, 0.1) is 11.2 Å². The molecule has 21 heavy (non-hydrogen) atoms. The van der Waals surface area contributed by atoms with Crippen LogP contribution in [0.5, 0.6) is 0 Å². The summed E-state index contributed by atoms with van der Waals surface area (Å²) in [6.07, 6.45) is 2.72. The van der Waals surface area contributed by atoms with Crippen molar-refractivity contribution >= 4 is 11.6 Å². The highest BCUT2D eigenvalue weighted by atomic mass is 35.5. The molecule has 0 amide bonds. The first-order chi connectivity index (χ1) is 9.80. The second-order valence-electron chi connectivity index (χ2n) is 7.17. The fourth-order valence-electron chi connectivity index (χ4n) is 2.79.